The van der Waals surface area contributed by atoms with Gasteiger partial charge in [-0.05, 0) is 24.6 Å². The van der Waals surface area contributed by atoms with Crippen molar-refractivity contribution < 1.29 is 4.79 Å². The molecule has 1 aromatic heterocycles. The molecule has 0 saturated carbocycles. The lowest BCUT2D eigenvalue weighted by atomic mass is 10.0. The fourth-order valence-corrected chi connectivity index (χ4v) is 2.95. The topological polar surface area (TPSA) is 44.9 Å². The summed E-state index contributed by atoms with van der Waals surface area (Å²) in [6, 6.07) is 14.0. The second kappa shape index (κ2) is 4.09. The van der Waals surface area contributed by atoms with Crippen LogP contribution < -0.4 is 15.9 Å². The van der Waals surface area contributed by atoms with Crippen LogP contribution in [-0.4, -0.2) is 10.9 Å². The van der Waals surface area contributed by atoms with E-state index in [0.29, 0.717) is 5.57 Å². The van der Waals surface area contributed by atoms with Crippen LogP contribution in [0.25, 0.3) is 23.1 Å². The minimum Gasteiger partial charge on any atom is -0.354 e. The lowest BCUT2D eigenvalue weighted by molar-refractivity contribution is -0.110. The zero-order chi connectivity index (χ0) is 14.6. The molecule has 0 aliphatic carbocycles. The maximum absolute atomic E-state index is 12.4. The Bertz CT molecular complexity index is 1010. The zero-order valence-corrected chi connectivity index (χ0v) is 11.7. The van der Waals surface area contributed by atoms with Gasteiger partial charge in [0, 0.05) is 27.4 Å². The average molecular weight is 274 g/mol. The number of anilines is 1. The van der Waals surface area contributed by atoms with Gasteiger partial charge in [0.2, 0.25) is 0 Å². The van der Waals surface area contributed by atoms with Gasteiger partial charge >= 0.3 is 0 Å². The molecule has 2 aromatic carbocycles. The van der Waals surface area contributed by atoms with E-state index in [1.165, 1.54) is 0 Å². The van der Waals surface area contributed by atoms with E-state index < -0.39 is 0 Å². The molecule has 0 atom stereocenters. The molecule has 0 unspecified atom stereocenters. The highest BCUT2D eigenvalue weighted by Crippen LogP contribution is 2.30. The number of carbonyl (C=O) groups excluding carboxylic acids is 1. The molecule has 3 heteroatoms. The summed E-state index contributed by atoms with van der Waals surface area (Å²) in [5, 5.41) is 5.65. The highest BCUT2D eigenvalue weighted by atomic mass is 16.2. The number of nitrogens with one attached hydrogen (secondary N) is 2. The summed E-state index contributed by atoms with van der Waals surface area (Å²) < 4.78 is 0. The fourth-order valence-electron chi connectivity index (χ4n) is 2.95. The van der Waals surface area contributed by atoms with Crippen LogP contribution >= 0.6 is 0 Å². The van der Waals surface area contributed by atoms with Crippen molar-refractivity contribution in [2.75, 3.05) is 5.32 Å². The number of hydrogen-bond donors (Lipinski definition) is 2. The van der Waals surface area contributed by atoms with Crippen molar-refractivity contribution in [2.24, 2.45) is 0 Å². The third-order valence-corrected chi connectivity index (χ3v) is 3.98. The number of carbonyl (C=O) groups is 1. The maximum Gasteiger partial charge on any atom is 0.258 e. The number of aromatic amines is 1. The van der Waals surface area contributed by atoms with E-state index in [9.17, 15) is 4.79 Å². The lowest BCUT2D eigenvalue weighted by Crippen LogP contribution is -2.27. The van der Waals surface area contributed by atoms with Crippen LogP contribution in [0.4, 0.5) is 5.69 Å². The van der Waals surface area contributed by atoms with Crippen LogP contribution in [0, 0.1) is 6.92 Å². The Morgan fingerprint density at radius 3 is 2.71 bits per heavy atom. The van der Waals surface area contributed by atoms with Gasteiger partial charge in [0.15, 0.2) is 0 Å². The molecule has 0 fully saturated rings. The molecule has 0 bridgehead atoms. The number of aromatic nitrogens is 1. The van der Waals surface area contributed by atoms with E-state index in [4.69, 9.17) is 0 Å². The summed E-state index contributed by atoms with van der Waals surface area (Å²) in [6.07, 6.45) is 0. The van der Waals surface area contributed by atoms with Gasteiger partial charge in [-0.1, -0.05) is 36.9 Å². The van der Waals surface area contributed by atoms with Crippen molar-refractivity contribution in [1.29, 1.82) is 0 Å². The van der Waals surface area contributed by atoms with Gasteiger partial charge in [0.05, 0.1) is 10.9 Å². The first kappa shape index (κ1) is 12.0. The number of rotatable bonds is 0. The monoisotopic (exact) mass is 274 g/mol. The minimum atomic E-state index is -0.0768. The fraction of sp³-hybridized carbons (Fsp3) is 0.0556. The van der Waals surface area contributed by atoms with Gasteiger partial charge in [0.1, 0.15) is 0 Å². The summed E-state index contributed by atoms with van der Waals surface area (Å²) in [6.45, 7) is 6.16. The van der Waals surface area contributed by atoms with E-state index in [2.05, 4.69) is 16.9 Å². The van der Waals surface area contributed by atoms with Crippen LogP contribution in [0.3, 0.4) is 0 Å². The van der Waals surface area contributed by atoms with Gasteiger partial charge in [-0.3, -0.25) is 4.79 Å². The summed E-state index contributed by atoms with van der Waals surface area (Å²) in [7, 11) is 0. The Labute approximate surface area is 121 Å². The molecule has 2 N–H and O–H groups in total. The van der Waals surface area contributed by atoms with E-state index in [-0.39, 0.29) is 5.91 Å². The van der Waals surface area contributed by atoms with Crippen molar-refractivity contribution >= 4 is 34.6 Å². The van der Waals surface area contributed by atoms with E-state index in [1.54, 1.807) is 0 Å². The Morgan fingerprint density at radius 1 is 1.10 bits per heavy atom. The summed E-state index contributed by atoms with van der Waals surface area (Å²) >= 11 is 0. The molecule has 3 nitrogen and oxygen atoms in total. The predicted octanol–water partition coefficient (Wildman–Crippen LogP) is 2.04. The van der Waals surface area contributed by atoms with Crippen LogP contribution in [-0.2, 0) is 4.79 Å². The molecule has 3 aromatic rings. The number of para-hydroxylation sites is 1. The number of amides is 1. The molecule has 1 amide bonds. The highest BCUT2D eigenvalue weighted by Gasteiger charge is 2.25. The number of benzene rings is 2. The zero-order valence-electron chi connectivity index (χ0n) is 11.7. The van der Waals surface area contributed by atoms with Crippen molar-refractivity contribution in [3.63, 3.8) is 0 Å². The molecule has 0 radical (unpaired) electrons. The normalized spacial score (nSPS) is 16.1. The second-order valence-corrected chi connectivity index (χ2v) is 5.40. The van der Waals surface area contributed by atoms with Crippen LogP contribution in [0.2, 0.25) is 0 Å². The minimum absolute atomic E-state index is 0.0768. The Morgan fingerprint density at radius 2 is 1.90 bits per heavy atom. The standard InChI is InChI=1S/C18H14N2O/c1-10-7-8-13-15(9-10)20-18(21)16(13)17-11(2)12-5-3-4-6-14(12)19-17/h3-9,19H,2H2,1H3,(H,20,21)/b17-16-. The molecule has 4 rings (SSSR count). The van der Waals surface area contributed by atoms with Crippen molar-refractivity contribution in [3.05, 3.63) is 64.2 Å². The maximum atomic E-state index is 12.4. The number of fused-ring (bicyclic) bond motifs is 2. The molecule has 1 aliphatic rings. The van der Waals surface area contributed by atoms with E-state index in [0.717, 1.165) is 38.3 Å². The third-order valence-electron chi connectivity index (χ3n) is 3.98. The number of aryl methyl sites for hydroxylation is 1. The summed E-state index contributed by atoms with van der Waals surface area (Å²) in [5.74, 6) is -0.0768. The quantitative estimate of drug-likeness (QED) is 0.647. The van der Waals surface area contributed by atoms with E-state index >= 15 is 0 Å². The lowest BCUT2D eigenvalue weighted by Gasteiger charge is -1.98. The van der Waals surface area contributed by atoms with Gasteiger partial charge < -0.3 is 10.3 Å². The first-order chi connectivity index (χ1) is 10.1. The van der Waals surface area contributed by atoms with Crippen LogP contribution in [0.1, 0.15) is 11.1 Å². The predicted molar refractivity (Wildman–Crippen MR) is 85.4 cm³/mol. The molecular weight excluding hydrogens is 260 g/mol. The molecular formula is C18H14N2O. The van der Waals surface area contributed by atoms with Gasteiger partial charge in [-0.2, -0.15) is 0 Å². The molecule has 21 heavy (non-hydrogen) atoms. The summed E-state index contributed by atoms with van der Waals surface area (Å²) in [4.78, 5) is 15.7. The molecule has 0 spiro atoms. The third kappa shape index (κ3) is 1.64. The Hall–Kier alpha value is -2.81. The van der Waals surface area contributed by atoms with Gasteiger partial charge in [0.25, 0.3) is 5.91 Å². The summed E-state index contributed by atoms with van der Waals surface area (Å²) in [5.41, 5.74) is 4.60. The second-order valence-electron chi connectivity index (χ2n) is 5.40. The van der Waals surface area contributed by atoms with Crippen LogP contribution in [0.15, 0.2) is 42.5 Å². The largest absolute Gasteiger partial charge is 0.354 e. The van der Waals surface area contributed by atoms with Gasteiger partial charge in [-0.25, -0.2) is 0 Å². The molecule has 2 heterocycles. The van der Waals surface area contributed by atoms with Crippen molar-refractivity contribution in [3.8, 4) is 0 Å². The van der Waals surface area contributed by atoms with Crippen LogP contribution in [0.5, 0.6) is 0 Å². The first-order valence-electron chi connectivity index (χ1n) is 6.87. The van der Waals surface area contributed by atoms with Gasteiger partial charge in [-0.15, -0.1) is 0 Å². The first-order valence-corrected chi connectivity index (χ1v) is 6.87. The highest BCUT2D eigenvalue weighted by molar-refractivity contribution is 6.31. The molecule has 0 saturated heterocycles. The molecule has 1 aliphatic heterocycles. The molecule has 102 valence electrons. The smallest absolute Gasteiger partial charge is 0.258 e. The Kier molecular flexibility index (Phi) is 2.33. The van der Waals surface area contributed by atoms with E-state index in [1.807, 2.05) is 49.4 Å². The van der Waals surface area contributed by atoms with Crippen molar-refractivity contribution in [1.82, 2.24) is 4.98 Å². The SMILES string of the molecule is C=c1/c(=C2/C(=O)Nc3cc(C)ccc32)[nH]c2ccccc12. The number of H-pyrrole nitrogens is 1. The number of hydrogen-bond acceptors (Lipinski definition) is 1. The van der Waals surface area contributed by atoms with Crippen molar-refractivity contribution in [2.45, 2.75) is 6.92 Å². The average Bonchev–Trinajstić information content (AvgIpc) is 2.95. The Balaban J connectivity index is 2.15.